The molecule has 0 aromatic heterocycles. The molecule has 4 nitrogen and oxygen atoms in total. The molecule has 0 saturated heterocycles. The summed E-state index contributed by atoms with van der Waals surface area (Å²) in [4.78, 5) is 0. The first kappa shape index (κ1) is 11.2. The zero-order chi connectivity index (χ0) is 11.3. The summed E-state index contributed by atoms with van der Waals surface area (Å²) in [5.41, 5.74) is 4.25. The fourth-order valence-corrected chi connectivity index (χ4v) is 1.24. The Hall–Kier alpha value is -1.85. The molecule has 0 saturated carbocycles. The molecule has 0 bridgehead atoms. The van der Waals surface area contributed by atoms with Crippen molar-refractivity contribution in [3.05, 3.63) is 28.2 Å². The fraction of sp³-hybridized carbons (Fsp3) is 0.100. The molecule has 15 heavy (non-hydrogen) atoms. The number of nitrogens with zero attached hydrogens (tertiary/aromatic N) is 3. The first-order valence-corrected chi connectivity index (χ1v) is 4.86. The number of hydrogen-bond donors (Lipinski definition) is 1. The van der Waals surface area contributed by atoms with Crippen LogP contribution < -0.4 is 5.43 Å². The Balaban J connectivity index is 2.84. The van der Waals surface area contributed by atoms with Gasteiger partial charge in [-0.1, -0.05) is 22.0 Å². The second-order valence-electron chi connectivity index (χ2n) is 2.76. The third-order valence-electron chi connectivity index (χ3n) is 1.68. The highest BCUT2D eigenvalue weighted by atomic mass is 79.9. The Kier molecular flexibility index (Phi) is 3.84. The molecular weight excluding hydrogens is 256 g/mol. The number of nitriles is 2. The number of nitrogens with one attached hydrogen (secondary N) is 1. The van der Waals surface area contributed by atoms with Crippen molar-refractivity contribution >= 4 is 27.3 Å². The molecule has 0 aliphatic rings. The van der Waals surface area contributed by atoms with Crippen LogP contribution in [0.5, 0.6) is 0 Å². The average molecular weight is 263 g/mol. The zero-order valence-electron chi connectivity index (χ0n) is 7.95. The average Bonchev–Trinajstić information content (AvgIpc) is 2.24. The number of rotatable bonds is 2. The van der Waals surface area contributed by atoms with Crippen LogP contribution in [0.2, 0.25) is 0 Å². The molecule has 0 fully saturated rings. The molecule has 74 valence electrons. The van der Waals surface area contributed by atoms with E-state index in [0.29, 0.717) is 0 Å². The van der Waals surface area contributed by atoms with Gasteiger partial charge in [0.25, 0.3) is 0 Å². The first-order valence-electron chi connectivity index (χ1n) is 4.07. The van der Waals surface area contributed by atoms with Crippen LogP contribution in [-0.2, 0) is 0 Å². The van der Waals surface area contributed by atoms with Crippen LogP contribution in [0.1, 0.15) is 5.56 Å². The van der Waals surface area contributed by atoms with Crippen LogP contribution in [-0.4, -0.2) is 5.71 Å². The van der Waals surface area contributed by atoms with Crippen LogP contribution in [0.25, 0.3) is 0 Å². The number of anilines is 1. The SMILES string of the molecule is Cc1ccc(NN=C(C#N)C#N)cc1Br. The van der Waals surface area contributed by atoms with E-state index in [9.17, 15) is 0 Å². The minimum Gasteiger partial charge on any atom is -0.276 e. The number of benzene rings is 1. The largest absolute Gasteiger partial charge is 0.276 e. The van der Waals surface area contributed by atoms with Crippen molar-refractivity contribution in [1.82, 2.24) is 0 Å². The van der Waals surface area contributed by atoms with E-state index < -0.39 is 0 Å². The molecule has 5 heteroatoms. The van der Waals surface area contributed by atoms with Crippen molar-refractivity contribution in [3.8, 4) is 12.1 Å². The van der Waals surface area contributed by atoms with Gasteiger partial charge in [-0.05, 0) is 24.6 Å². The maximum atomic E-state index is 8.45. The Morgan fingerprint density at radius 1 is 1.40 bits per heavy atom. The maximum Gasteiger partial charge on any atom is 0.237 e. The molecule has 0 aliphatic heterocycles. The van der Waals surface area contributed by atoms with Gasteiger partial charge in [0.1, 0.15) is 12.1 Å². The summed E-state index contributed by atoms with van der Waals surface area (Å²) in [6.07, 6.45) is 0. The van der Waals surface area contributed by atoms with Crippen molar-refractivity contribution in [2.45, 2.75) is 6.92 Å². The van der Waals surface area contributed by atoms with Crippen molar-refractivity contribution < 1.29 is 0 Å². The Morgan fingerprint density at radius 3 is 2.60 bits per heavy atom. The highest BCUT2D eigenvalue weighted by Gasteiger charge is 1.97. The van der Waals surface area contributed by atoms with Crippen molar-refractivity contribution in [2.75, 3.05) is 5.43 Å². The van der Waals surface area contributed by atoms with E-state index in [2.05, 4.69) is 26.5 Å². The second-order valence-corrected chi connectivity index (χ2v) is 3.61. The van der Waals surface area contributed by atoms with Crippen molar-refractivity contribution in [3.63, 3.8) is 0 Å². The summed E-state index contributed by atoms with van der Waals surface area (Å²) < 4.78 is 0.943. The van der Waals surface area contributed by atoms with Crippen LogP contribution >= 0.6 is 15.9 Å². The van der Waals surface area contributed by atoms with E-state index >= 15 is 0 Å². The summed E-state index contributed by atoms with van der Waals surface area (Å²) in [5.74, 6) is 0. The predicted molar refractivity (Wildman–Crippen MR) is 61.2 cm³/mol. The van der Waals surface area contributed by atoms with E-state index in [1.165, 1.54) is 0 Å². The maximum absolute atomic E-state index is 8.45. The van der Waals surface area contributed by atoms with Gasteiger partial charge in [-0.2, -0.15) is 15.6 Å². The van der Waals surface area contributed by atoms with Crippen molar-refractivity contribution in [1.29, 1.82) is 10.5 Å². The molecule has 0 spiro atoms. The molecule has 0 heterocycles. The number of hydrogen-bond acceptors (Lipinski definition) is 4. The number of hydrazone groups is 1. The fourth-order valence-electron chi connectivity index (χ4n) is 0.858. The lowest BCUT2D eigenvalue weighted by Gasteiger charge is -2.02. The summed E-state index contributed by atoms with van der Waals surface area (Å²) in [6.45, 7) is 1.97. The van der Waals surface area contributed by atoms with Crippen LogP contribution in [0.4, 0.5) is 5.69 Å². The Morgan fingerprint density at radius 2 is 2.07 bits per heavy atom. The predicted octanol–water partition coefficient (Wildman–Crippen LogP) is 2.57. The van der Waals surface area contributed by atoms with Crippen LogP contribution in [0.3, 0.4) is 0 Å². The highest BCUT2D eigenvalue weighted by molar-refractivity contribution is 9.10. The van der Waals surface area contributed by atoms with Gasteiger partial charge >= 0.3 is 0 Å². The minimum atomic E-state index is -0.202. The molecule has 0 aliphatic carbocycles. The molecular formula is C10H7BrN4. The lowest BCUT2D eigenvalue weighted by molar-refractivity contribution is 1.32. The van der Waals surface area contributed by atoms with E-state index in [0.717, 1.165) is 15.7 Å². The van der Waals surface area contributed by atoms with E-state index in [1.807, 2.05) is 25.1 Å². The highest BCUT2D eigenvalue weighted by Crippen LogP contribution is 2.20. The van der Waals surface area contributed by atoms with Gasteiger partial charge in [0.15, 0.2) is 0 Å². The molecule has 0 atom stereocenters. The Labute approximate surface area is 96.0 Å². The molecule has 1 rings (SSSR count). The van der Waals surface area contributed by atoms with Gasteiger partial charge in [0.05, 0.1) is 5.69 Å². The molecule has 1 aromatic carbocycles. The van der Waals surface area contributed by atoms with Crippen LogP contribution in [0.15, 0.2) is 27.8 Å². The summed E-state index contributed by atoms with van der Waals surface area (Å²) in [6, 6.07) is 8.87. The van der Waals surface area contributed by atoms with Gasteiger partial charge in [0, 0.05) is 4.47 Å². The van der Waals surface area contributed by atoms with Gasteiger partial charge in [0.2, 0.25) is 5.71 Å². The summed E-state index contributed by atoms with van der Waals surface area (Å²) in [7, 11) is 0. The van der Waals surface area contributed by atoms with E-state index in [1.54, 1.807) is 12.1 Å². The van der Waals surface area contributed by atoms with E-state index in [-0.39, 0.29) is 5.71 Å². The molecule has 0 radical (unpaired) electrons. The number of aryl methyl sites for hydroxylation is 1. The lowest BCUT2D eigenvalue weighted by atomic mass is 10.2. The topological polar surface area (TPSA) is 72.0 Å². The van der Waals surface area contributed by atoms with Crippen LogP contribution in [0, 0.1) is 29.6 Å². The van der Waals surface area contributed by atoms with Gasteiger partial charge < -0.3 is 0 Å². The smallest absolute Gasteiger partial charge is 0.237 e. The quantitative estimate of drug-likeness (QED) is 0.658. The standard InChI is InChI=1S/C10H7BrN4/c1-7-2-3-8(4-10(7)11)14-15-9(5-12)6-13/h2-4,14H,1H3. The van der Waals surface area contributed by atoms with Crippen molar-refractivity contribution in [2.24, 2.45) is 5.10 Å². The van der Waals surface area contributed by atoms with Gasteiger partial charge in [-0.15, -0.1) is 0 Å². The summed E-state index contributed by atoms with van der Waals surface area (Å²) >= 11 is 3.37. The molecule has 0 unspecified atom stereocenters. The lowest BCUT2D eigenvalue weighted by Crippen LogP contribution is -1.96. The molecule has 1 N–H and O–H groups in total. The third kappa shape index (κ3) is 3.08. The minimum absolute atomic E-state index is 0.202. The molecule has 0 amide bonds. The van der Waals surface area contributed by atoms with Gasteiger partial charge in [-0.25, -0.2) is 0 Å². The molecule has 1 aromatic rings. The zero-order valence-corrected chi connectivity index (χ0v) is 9.54. The second kappa shape index (κ2) is 5.14. The Bertz CT molecular complexity index is 463. The summed E-state index contributed by atoms with van der Waals surface area (Å²) in [5, 5.41) is 20.5. The van der Waals surface area contributed by atoms with Gasteiger partial charge in [-0.3, -0.25) is 5.43 Å². The third-order valence-corrected chi connectivity index (χ3v) is 2.53. The number of halogens is 1. The van der Waals surface area contributed by atoms with E-state index in [4.69, 9.17) is 10.5 Å². The normalized spacial score (nSPS) is 8.53. The first-order chi connectivity index (χ1) is 7.17. The monoisotopic (exact) mass is 262 g/mol.